The molecule has 94 valence electrons. The van der Waals surface area contributed by atoms with Gasteiger partial charge in [-0.1, -0.05) is 18.2 Å². The normalized spacial score (nSPS) is 10.7. The van der Waals surface area contributed by atoms with Crippen molar-refractivity contribution in [1.29, 1.82) is 0 Å². The third kappa shape index (κ3) is 2.62. The number of ether oxygens (including phenoxy) is 1. The number of para-hydroxylation sites is 1. The lowest BCUT2D eigenvalue weighted by molar-refractivity contribution is 0.243. The van der Waals surface area contributed by atoms with E-state index in [1.165, 1.54) is 0 Å². The smallest absolute Gasteiger partial charge is 0.131 e. The molecule has 18 heavy (non-hydrogen) atoms. The molecule has 0 spiro atoms. The van der Waals surface area contributed by atoms with Crippen molar-refractivity contribution >= 4 is 5.82 Å². The second kappa shape index (κ2) is 5.08. The van der Waals surface area contributed by atoms with Gasteiger partial charge in [0.05, 0.1) is 6.10 Å². The van der Waals surface area contributed by atoms with Gasteiger partial charge >= 0.3 is 0 Å². The average molecular weight is 242 g/mol. The molecule has 0 unspecified atom stereocenters. The molecule has 0 fully saturated rings. The van der Waals surface area contributed by atoms with Crippen molar-refractivity contribution in [2.75, 3.05) is 5.73 Å². The molecular formula is C15H18N2O. The molecule has 0 saturated carbocycles. The number of benzene rings is 1. The number of rotatable bonds is 3. The lowest BCUT2D eigenvalue weighted by Crippen LogP contribution is -2.07. The predicted octanol–water partition coefficient (Wildman–Crippen LogP) is 3.43. The maximum absolute atomic E-state index is 5.95. The molecule has 0 bridgehead atoms. The largest absolute Gasteiger partial charge is 0.490 e. The first-order valence-electron chi connectivity index (χ1n) is 6.06. The Morgan fingerprint density at radius 2 is 1.89 bits per heavy atom. The summed E-state index contributed by atoms with van der Waals surface area (Å²) in [6, 6.07) is 9.93. The monoisotopic (exact) mass is 242 g/mol. The summed E-state index contributed by atoms with van der Waals surface area (Å²) in [5.74, 6) is 1.37. The van der Waals surface area contributed by atoms with Crippen molar-refractivity contribution in [2.45, 2.75) is 26.9 Å². The first-order valence-corrected chi connectivity index (χ1v) is 6.06. The van der Waals surface area contributed by atoms with Crippen LogP contribution in [0.4, 0.5) is 5.82 Å². The number of hydrogen-bond acceptors (Lipinski definition) is 3. The van der Waals surface area contributed by atoms with Gasteiger partial charge in [-0.25, -0.2) is 4.98 Å². The van der Waals surface area contributed by atoms with Crippen LogP contribution >= 0.6 is 0 Å². The van der Waals surface area contributed by atoms with E-state index in [1.54, 1.807) is 6.20 Å². The number of anilines is 1. The van der Waals surface area contributed by atoms with E-state index in [2.05, 4.69) is 4.98 Å². The summed E-state index contributed by atoms with van der Waals surface area (Å²) >= 11 is 0. The molecule has 0 aliphatic carbocycles. The van der Waals surface area contributed by atoms with Crippen LogP contribution in [0, 0.1) is 6.92 Å². The Balaban J connectivity index is 2.53. The van der Waals surface area contributed by atoms with Crippen LogP contribution in [-0.4, -0.2) is 11.1 Å². The molecule has 0 radical (unpaired) electrons. The molecule has 0 aliphatic heterocycles. The van der Waals surface area contributed by atoms with Crippen molar-refractivity contribution in [3.63, 3.8) is 0 Å². The van der Waals surface area contributed by atoms with Crippen molar-refractivity contribution in [3.8, 4) is 16.9 Å². The summed E-state index contributed by atoms with van der Waals surface area (Å²) < 4.78 is 5.81. The number of nitrogens with two attached hydrogens (primary N) is 1. The van der Waals surface area contributed by atoms with Crippen molar-refractivity contribution < 1.29 is 4.74 Å². The molecule has 1 aromatic heterocycles. The molecule has 2 N–H and O–H groups in total. The number of hydrogen-bond donors (Lipinski definition) is 1. The van der Waals surface area contributed by atoms with E-state index in [1.807, 2.05) is 51.1 Å². The van der Waals surface area contributed by atoms with Gasteiger partial charge in [0, 0.05) is 17.3 Å². The molecule has 1 aromatic carbocycles. The first kappa shape index (κ1) is 12.4. The van der Waals surface area contributed by atoms with Crippen LogP contribution in [0.3, 0.4) is 0 Å². The van der Waals surface area contributed by atoms with Crippen LogP contribution in [0.2, 0.25) is 0 Å². The topological polar surface area (TPSA) is 48.1 Å². The van der Waals surface area contributed by atoms with Crippen molar-refractivity contribution in [3.05, 3.63) is 42.1 Å². The fourth-order valence-electron chi connectivity index (χ4n) is 1.84. The zero-order chi connectivity index (χ0) is 13.1. The average Bonchev–Trinajstić information content (AvgIpc) is 2.32. The highest BCUT2D eigenvalue weighted by atomic mass is 16.5. The Morgan fingerprint density at radius 1 is 1.17 bits per heavy atom. The highest BCUT2D eigenvalue weighted by Crippen LogP contribution is 2.33. The lowest BCUT2D eigenvalue weighted by Gasteiger charge is -2.15. The Hall–Kier alpha value is -2.03. The number of nitrogen functional groups attached to an aromatic ring is 1. The summed E-state index contributed by atoms with van der Waals surface area (Å²) in [5, 5.41) is 0. The third-order valence-electron chi connectivity index (χ3n) is 2.60. The van der Waals surface area contributed by atoms with E-state index in [4.69, 9.17) is 10.5 Å². The van der Waals surface area contributed by atoms with Gasteiger partial charge in [0.2, 0.25) is 0 Å². The van der Waals surface area contributed by atoms with Crippen LogP contribution in [0.25, 0.3) is 11.1 Å². The molecule has 0 atom stereocenters. The molecular weight excluding hydrogens is 224 g/mol. The van der Waals surface area contributed by atoms with Crippen LogP contribution in [-0.2, 0) is 0 Å². The highest BCUT2D eigenvalue weighted by Gasteiger charge is 2.11. The Kier molecular flexibility index (Phi) is 3.51. The quantitative estimate of drug-likeness (QED) is 0.897. The SMILES string of the molecule is Cc1cnc(N)c(-c2ccccc2OC(C)C)c1. The minimum Gasteiger partial charge on any atom is -0.490 e. The summed E-state index contributed by atoms with van der Waals surface area (Å²) in [6.45, 7) is 6.02. The number of aryl methyl sites for hydroxylation is 1. The Labute approximate surface area is 108 Å². The molecule has 3 nitrogen and oxygen atoms in total. The second-order valence-corrected chi connectivity index (χ2v) is 4.61. The van der Waals surface area contributed by atoms with Crippen molar-refractivity contribution in [1.82, 2.24) is 4.98 Å². The number of nitrogens with zero attached hydrogens (tertiary/aromatic N) is 1. The van der Waals surface area contributed by atoms with Gasteiger partial charge in [0.15, 0.2) is 0 Å². The number of pyridine rings is 1. The van der Waals surface area contributed by atoms with Gasteiger partial charge in [-0.3, -0.25) is 0 Å². The zero-order valence-electron chi connectivity index (χ0n) is 11.0. The van der Waals surface area contributed by atoms with Gasteiger partial charge < -0.3 is 10.5 Å². The standard InChI is InChI=1S/C15H18N2O/c1-10(2)18-14-7-5-4-6-12(14)13-8-11(3)9-17-15(13)16/h4-10H,1-3H3,(H2,16,17). The van der Waals surface area contributed by atoms with E-state index in [0.717, 1.165) is 22.4 Å². The molecule has 0 amide bonds. The maximum Gasteiger partial charge on any atom is 0.131 e. The van der Waals surface area contributed by atoms with Crippen molar-refractivity contribution in [2.24, 2.45) is 0 Å². The van der Waals surface area contributed by atoms with Gasteiger partial charge in [-0.2, -0.15) is 0 Å². The lowest BCUT2D eigenvalue weighted by atomic mass is 10.0. The summed E-state index contributed by atoms with van der Waals surface area (Å²) in [6.07, 6.45) is 1.90. The maximum atomic E-state index is 5.95. The molecule has 1 heterocycles. The molecule has 0 saturated heterocycles. The van der Waals surface area contributed by atoms with E-state index in [9.17, 15) is 0 Å². The molecule has 2 rings (SSSR count). The van der Waals surface area contributed by atoms with E-state index >= 15 is 0 Å². The van der Waals surface area contributed by atoms with E-state index in [0.29, 0.717) is 5.82 Å². The molecule has 2 aromatic rings. The van der Waals surface area contributed by atoms with Gasteiger partial charge in [-0.05, 0) is 38.5 Å². The molecule has 0 aliphatic rings. The van der Waals surface area contributed by atoms with Crippen LogP contribution in [0.1, 0.15) is 19.4 Å². The van der Waals surface area contributed by atoms with Gasteiger partial charge in [0.1, 0.15) is 11.6 Å². The summed E-state index contributed by atoms with van der Waals surface area (Å²) in [7, 11) is 0. The zero-order valence-corrected chi connectivity index (χ0v) is 11.0. The Morgan fingerprint density at radius 3 is 2.61 bits per heavy atom. The van der Waals surface area contributed by atoms with Crippen LogP contribution < -0.4 is 10.5 Å². The van der Waals surface area contributed by atoms with Gasteiger partial charge in [-0.15, -0.1) is 0 Å². The second-order valence-electron chi connectivity index (χ2n) is 4.61. The first-order chi connectivity index (χ1) is 8.58. The predicted molar refractivity (Wildman–Crippen MR) is 74.6 cm³/mol. The van der Waals surface area contributed by atoms with E-state index < -0.39 is 0 Å². The highest BCUT2D eigenvalue weighted by molar-refractivity contribution is 5.78. The molecule has 3 heteroatoms. The van der Waals surface area contributed by atoms with Crippen LogP contribution in [0.5, 0.6) is 5.75 Å². The Bertz CT molecular complexity index is 550. The van der Waals surface area contributed by atoms with Gasteiger partial charge in [0.25, 0.3) is 0 Å². The summed E-state index contributed by atoms with van der Waals surface area (Å²) in [4.78, 5) is 4.20. The minimum absolute atomic E-state index is 0.130. The van der Waals surface area contributed by atoms with E-state index in [-0.39, 0.29) is 6.10 Å². The number of aromatic nitrogens is 1. The fourth-order valence-corrected chi connectivity index (χ4v) is 1.84. The third-order valence-corrected chi connectivity index (χ3v) is 2.60. The van der Waals surface area contributed by atoms with Crippen LogP contribution in [0.15, 0.2) is 36.5 Å². The summed E-state index contributed by atoms with van der Waals surface area (Å²) in [5.41, 5.74) is 8.94. The fraction of sp³-hybridized carbons (Fsp3) is 0.267. The minimum atomic E-state index is 0.130.